The van der Waals surface area contributed by atoms with Gasteiger partial charge in [-0.05, 0) is 19.1 Å². The Kier molecular flexibility index (Phi) is 3.10. The molecule has 0 unspecified atom stereocenters. The van der Waals surface area contributed by atoms with Crippen LogP contribution in [0.2, 0.25) is 5.15 Å². The summed E-state index contributed by atoms with van der Waals surface area (Å²) in [6.07, 6.45) is 3.18. The summed E-state index contributed by atoms with van der Waals surface area (Å²) >= 11 is 5.77. The van der Waals surface area contributed by atoms with Crippen LogP contribution in [0.1, 0.15) is 11.5 Å². The van der Waals surface area contributed by atoms with Crippen LogP contribution >= 0.6 is 11.6 Å². The van der Waals surface area contributed by atoms with Crippen molar-refractivity contribution in [3.63, 3.8) is 0 Å². The molecule has 0 aliphatic rings. The van der Waals surface area contributed by atoms with Crippen LogP contribution in [-0.2, 0) is 6.54 Å². The zero-order valence-corrected chi connectivity index (χ0v) is 9.90. The Balaban J connectivity index is 2.11. The van der Waals surface area contributed by atoms with Crippen molar-refractivity contribution in [1.29, 1.82) is 0 Å². The first-order valence-electron chi connectivity index (χ1n) is 4.89. The highest BCUT2D eigenvalue weighted by Crippen LogP contribution is 2.15. The maximum absolute atomic E-state index is 5.77. The number of hydrogen-bond donors (Lipinski definition) is 0. The van der Waals surface area contributed by atoms with E-state index in [-0.39, 0.29) is 0 Å². The molecule has 2 rings (SSSR count). The van der Waals surface area contributed by atoms with Gasteiger partial charge >= 0.3 is 0 Å². The number of rotatable bonds is 3. The van der Waals surface area contributed by atoms with Gasteiger partial charge < -0.3 is 9.32 Å². The minimum Gasteiger partial charge on any atom is -0.464 e. The molecular weight excluding hydrogens is 226 g/mol. The van der Waals surface area contributed by atoms with Crippen LogP contribution in [0, 0.1) is 6.92 Å². The second kappa shape index (κ2) is 4.53. The van der Waals surface area contributed by atoms with E-state index in [0.29, 0.717) is 11.7 Å². The number of furan rings is 1. The Bertz CT molecular complexity index is 484. The van der Waals surface area contributed by atoms with E-state index >= 15 is 0 Å². The van der Waals surface area contributed by atoms with Gasteiger partial charge in [0.1, 0.15) is 22.5 Å². The average molecular weight is 238 g/mol. The smallest absolute Gasteiger partial charge is 0.149 e. The summed E-state index contributed by atoms with van der Waals surface area (Å²) in [5, 5.41) is 0.389. The lowest BCUT2D eigenvalue weighted by atomic mass is 10.4. The highest BCUT2D eigenvalue weighted by Gasteiger charge is 2.07. The molecule has 0 radical (unpaired) electrons. The van der Waals surface area contributed by atoms with Gasteiger partial charge in [-0.2, -0.15) is 0 Å². The van der Waals surface area contributed by atoms with Crippen molar-refractivity contribution in [2.45, 2.75) is 13.5 Å². The first-order chi connectivity index (χ1) is 7.65. The van der Waals surface area contributed by atoms with Gasteiger partial charge in [0.25, 0.3) is 0 Å². The molecule has 2 heterocycles. The minimum atomic E-state index is 0.389. The Hall–Kier alpha value is -1.55. The third kappa shape index (κ3) is 2.52. The zero-order chi connectivity index (χ0) is 11.5. The molecule has 0 aromatic carbocycles. The van der Waals surface area contributed by atoms with Crippen LogP contribution in [0.5, 0.6) is 0 Å². The van der Waals surface area contributed by atoms with E-state index in [4.69, 9.17) is 16.0 Å². The SMILES string of the molecule is Cc1ccc(CN(C)c2cncc(Cl)n2)o1. The average Bonchev–Trinajstić information content (AvgIpc) is 2.64. The molecular formula is C11H12ClN3O. The highest BCUT2D eigenvalue weighted by atomic mass is 35.5. The van der Waals surface area contributed by atoms with Gasteiger partial charge in [-0.1, -0.05) is 11.6 Å². The van der Waals surface area contributed by atoms with Crippen LogP contribution in [0.4, 0.5) is 5.82 Å². The van der Waals surface area contributed by atoms with Crippen LogP contribution in [0.3, 0.4) is 0 Å². The monoisotopic (exact) mass is 237 g/mol. The molecule has 2 aromatic heterocycles. The second-order valence-electron chi connectivity index (χ2n) is 3.57. The molecule has 5 heteroatoms. The van der Waals surface area contributed by atoms with Crippen molar-refractivity contribution in [1.82, 2.24) is 9.97 Å². The molecule has 0 N–H and O–H groups in total. The van der Waals surface area contributed by atoms with Crippen LogP contribution < -0.4 is 4.90 Å². The molecule has 2 aromatic rings. The third-order valence-electron chi connectivity index (χ3n) is 2.17. The van der Waals surface area contributed by atoms with Crippen molar-refractivity contribution >= 4 is 17.4 Å². The fourth-order valence-corrected chi connectivity index (χ4v) is 1.54. The molecule has 0 spiro atoms. The number of hydrogen-bond acceptors (Lipinski definition) is 4. The maximum atomic E-state index is 5.77. The number of aromatic nitrogens is 2. The molecule has 0 fully saturated rings. The summed E-state index contributed by atoms with van der Waals surface area (Å²) in [6.45, 7) is 2.56. The standard InChI is InChI=1S/C11H12ClN3O/c1-8-3-4-9(16-8)7-15(2)11-6-13-5-10(12)14-11/h3-6H,7H2,1-2H3. The summed E-state index contributed by atoms with van der Waals surface area (Å²) in [5.41, 5.74) is 0. The van der Waals surface area contributed by atoms with E-state index in [0.717, 1.165) is 17.3 Å². The molecule has 0 saturated heterocycles. The van der Waals surface area contributed by atoms with Crippen molar-refractivity contribution in [3.05, 3.63) is 41.2 Å². The molecule has 0 aliphatic carbocycles. The van der Waals surface area contributed by atoms with Crippen LogP contribution in [0.15, 0.2) is 28.9 Å². The number of anilines is 1. The Morgan fingerprint density at radius 3 is 2.81 bits per heavy atom. The summed E-state index contributed by atoms with van der Waals surface area (Å²) in [5.74, 6) is 2.52. The lowest BCUT2D eigenvalue weighted by molar-refractivity contribution is 0.481. The predicted octanol–water partition coefficient (Wildman–Crippen LogP) is 2.67. The van der Waals surface area contributed by atoms with Crippen molar-refractivity contribution in [2.75, 3.05) is 11.9 Å². The van der Waals surface area contributed by atoms with Crippen molar-refractivity contribution < 1.29 is 4.42 Å². The molecule has 4 nitrogen and oxygen atoms in total. The van der Waals surface area contributed by atoms with E-state index < -0.39 is 0 Å². The third-order valence-corrected chi connectivity index (χ3v) is 2.35. The second-order valence-corrected chi connectivity index (χ2v) is 3.96. The van der Waals surface area contributed by atoms with Gasteiger partial charge in [0.05, 0.1) is 18.9 Å². The van der Waals surface area contributed by atoms with Gasteiger partial charge in [-0.15, -0.1) is 0 Å². The number of aryl methyl sites for hydroxylation is 1. The van der Waals surface area contributed by atoms with Crippen molar-refractivity contribution in [3.8, 4) is 0 Å². The number of nitrogens with zero attached hydrogens (tertiary/aromatic N) is 3. The topological polar surface area (TPSA) is 42.2 Å². The molecule has 0 bridgehead atoms. The van der Waals surface area contributed by atoms with Crippen LogP contribution in [-0.4, -0.2) is 17.0 Å². The minimum absolute atomic E-state index is 0.389. The fraction of sp³-hybridized carbons (Fsp3) is 0.273. The van der Waals surface area contributed by atoms with E-state index in [1.54, 1.807) is 6.20 Å². The predicted molar refractivity (Wildman–Crippen MR) is 62.6 cm³/mol. The largest absolute Gasteiger partial charge is 0.464 e. The lowest BCUT2D eigenvalue weighted by Crippen LogP contribution is -2.17. The summed E-state index contributed by atoms with van der Waals surface area (Å²) in [7, 11) is 1.91. The first-order valence-corrected chi connectivity index (χ1v) is 5.27. The van der Waals surface area contributed by atoms with E-state index in [2.05, 4.69) is 9.97 Å². The first kappa shape index (κ1) is 11.0. The summed E-state index contributed by atoms with van der Waals surface area (Å²) in [4.78, 5) is 10.1. The zero-order valence-electron chi connectivity index (χ0n) is 9.14. The Labute approximate surface area is 98.9 Å². The van der Waals surface area contributed by atoms with Gasteiger partial charge in [0.15, 0.2) is 0 Å². The van der Waals surface area contributed by atoms with E-state index in [1.807, 2.05) is 31.0 Å². The molecule has 0 saturated carbocycles. The summed E-state index contributed by atoms with van der Waals surface area (Å²) < 4.78 is 5.48. The molecule has 16 heavy (non-hydrogen) atoms. The van der Waals surface area contributed by atoms with E-state index in [1.165, 1.54) is 6.20 Å². The van der Waals surface area contributed by atoms with Gasteiger partial charge in [0.2, 0.25) is 0 Å². The quantitative estimate of drug-likeness (QED) is 0.823. The number of halogens is 1. The van der Waals surface area contributed by atoms with Gasteiger partial charge in [0, 0.05) is 7.05 Å². The molecule has 84 valence electrons. The highest BCUT2D eigenvalue weighted by molar-refractivity contribution is 6.29. The van der Waals surface area contributed by atoms with E-state index in [9.17, 15) is 0 Å². The molecule has 0 atom stereocenters. The van der Waals surface area contributed by atoms with Gasteiger partial charge in [-0.3, -0.25) is 4.98 Å². The maximum Gasteiger partial charge on any atom is 0.149 e. The van der Waals surface area contributed by atoms with Gasteiger partial charge in [-0.25, -0.2) is 4.98 Å². The normalized spacial score (nSPS) is 10.4. The van der Waals surface area contributed by atoms with Crippen LogP contribution in [0.25, 0.3) is 0 Å². The Morgan fingerprint density at radius 2 is 2.19 bits per heavy atom. The van der Waals surface area contributed by atoms with Crippen molar-refractivity contribution in [2.24, 2.45) is 0 Å². The fourth-order valence-electron chi connectivity index (χ4n) is 1.40. The summed E-state index contributed by atoms with van der Waals surface area (Å²) in [6, 6.07) is 3.89. The molecule has 0 aliphatic heterocycles. The molecule has 0 amide bonds. The Morgan fingerprint density at radius 1 is 1.38 bits per heavy atom. The lowest BCUT2D eigenvalue weighted by Gasteiger charge is -2.15.